The minimum atomic E-state index is 0.421. The fourth-order valence-electron chi connectivity index (χ4n) is 2.22. The van der Waals surface area contributed by atoms with Crippen molar-refractivity contribution >= 4 is 0 Å². The third-order valence-corrected chi connectivity index (χ3v) is 3.08. The van der Waals surface area contributed by atoms with Crippen LogP contribution >= 0.6 is 0 Å². The summed E-state index contributed by atoms with van der Waals surface area (Å²) in [5.41, 5.74) is 8.23. The topological polar surface area (TPSA) is 47.1 Å². The van der Waals surface area contributed by atoms with Crippen LogP contribution in [0.25, 0.3) is 0 Å². The number of hydrogen-bond donors (Lipinski definition) is 1. The van der Waals surface area contributed by atoms with E-state index in [-0.39, 0.29) is 0 Å². The summed E-state index contributed by atoms with van der Waals surface area (Å²) in [6.45, 7) is 1.84. The molecule has 0 aromatic carbocycles. The van der Waals surface area contributed by atoms with Crippen LogP contribution in [0.3, 0.4) is 0 Å². The van der Waals surface area contributed by atoms with Gasteiger partial charge in [-0.05, 0) is 20.0 Å². The zero-order valence-electron chi connectivity index (χ0n) is 8.90. The molecule has 14 heavy (non-hydrogen) atoms. The van der Waals surface area contributed by atoms with Gasteiger partial charge in [-0.25, -0.2) is 4.98 Å². The van der Waals surface area contributed by atoms with Gasteiger partial charge in [-0.3, -0.25) is 4.90 Å². The van der Waals surface area contributed by atoms with Crippen molar-refractivity contribution in [2.24, 2.45) is 12.8 Å². The van der Waals surface area contributed by atoms with Crippen LogP contribution in [-0.2, 0) is 13.5 Å². The Hall–Kier alpha value is -0.870. The minimum absolute atomic E-state index is 0.421. The lowest BCUT2D eigenvalue weighted by atomic mass is 10.0. The molecule has 1 aromatic rings. The van der Waals surface area contributed by atoms with E-state index in [2.05, 4.69) is 28.5 Å². The Morgan fingerprint density at radius 3 is 3.07 bits per heavy atom. The fraction of sp³-hybridized carbons (Fsp3) is 0.700. The van der Waals surface area contributed by atoms with Gasteiger partial charge >= 0.3 is 0 Å². The van der Waals surface area contributed by atoms with Gasteiger partial charge in [-0.15, -0.1) is 0 Å². The van der Waals surface area contributed by atoms with Gasteiger partial charge in [-0.1, -0.05) is 0 Å². The van der Waals surface area contributed by atoms with Crippen LogP contribution in [0.4, 0.5) is 0 Å². The lowest BCUT2D eigenvalue weighted by Crippen LogP contribution is -2.34. The maximum absolute atomic E-state index is 5.62. The molecule has 1 atom stereocenters. The molecule has 78 valence electrons. The molecule has 1 aliphatic rings. The van der Waals surface area contributed by atoms with Gasteiger partial charge in [0.15, 0.2) is 0 Å². The maximum atomic E-state index is 5.62. The molecule has 1 unspecified atom stereocenters. The van der Waals surface area contributed by atoms with E-state index in [1.807, 2.05) is 6.33 Å². The number of nitrogens with zero attached hydrogens (tertiary/aromatic N) is 3. The summed E-state index contributed by atoms with van der Waals surface area (Å²) in [5, 5.41) is 0. The Kier molecular flexibility index (Phi) is 2.56. The van der Waals surface area contributed by atoms with Crippen LogP contribution in [0.5, 0.6) is 0 Å². The molecule has 4 nitrogen and oxygen atoms in total. The molecule has 4 heteroatoms. The number of likely N-dealkylation sites (N-methyl/N-ethyl adjacent to an activating group) is 1. The van der Waals surface area contributed by atoms with Gasteiger partial charge in [0.2, 0.25) is 0 Å². The highest BCUT2D eigenvalue weighted by atomic mass is 15.2. The Morgan fingerprint density at radius 2 is 2.36 bits per heavy atom. The standard InChI is InChI=1S/C10H18N4/c1-13-6-4-9-10(8(13)3-5-11)12-7-14(9)2/h7-8H,3-6,11H2,1-2H3. The Balaban J connectivity index is 2.32. The number of imidazole rings is 1. The van der Waals surface area contributed by atoms with Crippen molar-refractivity contribution in [3.63, 3.8) is 0 Å². The molecule has 0 amide bonds. The van der Waals surface area contributed by atoms with Crippen LogP contribution < -0.4 is 5.73 Å². The molecule has 1 aromatic heterocycles. The molecule has 0 bridgehead atoms. The molecule has 2 rings (SSSR count). The quantitative estimate of drug-likeness (QED) is 0.736. The van der Waals surface area contributed by atoms with E-state index in [9.17, 15) is 0 Å². The maximum Gasteiger partial charge on any atom is 0.0949 e. The second-order valence-corrected chi connectivity index (χ2v) is 4.01. The van der Waals surface area contributed by atoms with Crippen molar-refractivity contribution in [2.75, 3.05) is 20.1 Å². The molecule has 0 fully saturated rings. The first-order chi connectivity index (χ1) is 6.74. The van der Waals surface area contributed by atoms with Crippen molar-refractivity contribution in [1.82, 2.24) is 14.5 Å². The van der Waals surface area contributed by atoms with Gasteiger partial charge < -0.3 is 10.3 Å². The van der Waals surface area contributed by atoms with E-state index in [4.69, 9.17) is 5.73 Å². The van der Waals surface area contributed by atoms with Crippen molar-refractivity contribution in [3.8, 4) is 0 Å². The lowest BCUT2D eigenvalue weighted by molar-refractivity contribution is 0.215. The second-order valence-electron chi connectivity index (χ2n) is 4.01. The van der Waals surface area contributed by atoms with Gasteiger partial charge in [0.05, 0.1) is 18.1 Å². The molecule has 2 N–H and O–H groups in total. The van der Waals surface area contributed by atoms with Crippen molar-refractivity contribution in [1.29, 1.82) is 0 Å². The predicted molar refractivity (Wildman–Crippen MR) is 56.0 cm³/mol. The Morgan fingerprint density at radius 1 is 1.57 bits per heavy atom. The Bertz CT molecular complexity index is 318. The Labute approximate surface area is 84.7 Å². The zero-order valence-corrected chi connectivity index (χ0v) is 8.90. The summed E-state index contributed by atoms with van der Waals surface area (Å²) < 4.78 is 2.13. The van der Waals surface area contributed by atoms with Gasteiger partial charge in [-0.2, -0.15) is 0 Å². The van der Waals surface area contributed by atoms with Gasteiger partial charge in [0.1, 0.15) is 0 Å². The minimum Gasteiger partial charge on any atom is -0.337 e. The fourth-order valence-corrected chi connectivity index (χ4v) is 2.22. The second kappa shape index (κ2) is 3.71. The number of nitrogens with two attached hydrogens (primary N) is 1. The normalized spacial score (nSPS) is 22.4. The van der Waals surface area contributed by atoms with E-state index in [0.29, 0.717) is 6.04 Å². The van der Waals surface area contributed by atoms with E-state index in [1.54, 1.807) is 0 Å². The van der Waals surface area contributed by atoms with Gasteiger partial charge in [0, 0.05) is 25.7 Å². The van der Waals surface area contributed by atoms with Crippen LogP contribution in [-0.4, -0.2) is 34.6 Å². The highest BCUT2D eigenvalue weighted by molar-refractivity contribution is 5.20. The first-order valence-corrected chi connectivity index (χ1v) is 5.14. The first-order valence-electron chi connectivity index (χ1n) is 5.14. The van der Waals surface area contributed by atoms with Crippen molar-refractivity contribution < 1.29 is 0 Å². The summed E-state index contributed by atoms with van der Waals surface area (Å²) in [4.78, 5) is 6.82. The van der Waals surface area contributed by atoms with Crippen LogP contribution in [0, 0.1) is 0 Å². The molecule has 0 radical (unpaired) electrons. The van der Waals surface area contributed by atoms with E-state index in [0.717, 1.165) is 25.9 Å². The smallest absolute Gasteiger partial charge is 0.0949 e. The molecule has 2 heterocycles. The van der Waals surface area contributed by atoms with Crippen molar-refractivity contribution in [2.45, 2.75) is 18.9 Å². The van der Waals surface area contributed by atoms with Crippen LogP contribution in [0.1, 0.15) is 23.9 Å². The molecule has 0 spiro atoms. The molecule has 0 saturated carbocycles. The number of fused-ring (bicyclic) bond motifs is 1. The summed E-state index contributed by atoms with van der Waals surface area (Å²) in [6, 6.07) is 0.421. The molecule has 0 saturated heterocycles. The summed E-state index contributed by atoms with van der Waals surface area (Å²) >= 11 is 0. The predicted octanol–water partition coefficient (Wildman–Crippen LogP) is 0.298. The third kappa shape index (κ3) is 1.44. The molecule has 0 aliphatic carbocycles. The van der Waals surface area contributed by atoms with Crippen LogP contribution in [0.2, 0.25) is 0 Å². The number of rotatable bonds is 2. The molecular weight excluding hydrogens is 176 g/mol. The molecular formula is C10H18N4. The largest absolute Gasteiger partial charge is 0.337 e. The van der Waals surface area contributed by atoms with Crippen LogP contribution in [0.15, 0.2) is 6.33 Å². The zero-order chi connectivity index (χ0) is 10.1. The average molecular weight is 194 g/mol. The first kappa shape index (κ1) is 9.68. The third-order valence-electron chi connectivity index (χ3n) is 3.08. The summed E-state index contributed by atoms with van der Waals surface area (Å²) in [5.74, 6) is 0. The average Bonchev–Trinajstić information content (AvgIpc) is 2.53. The summed E-state index contributed by atoms with van der Waals surface area (Å²) in [6.07, 6.45) is 4.01. The van der Waals surface area contributed by atoms with E-state index >= 15 is 0 Å². The highest BCUT2D eigenvalue weighted by Gasteiger charge is 2.27. The van der Waals surface area contributed by atoms with Crippen molar-refractivity contribution in [3.05, 3.63) is 17.7 Å². The van der Waals surface area contributed by atoms with E-state index in [1.165, 1.54) is 11.4 Å². The van der Waals surface area contributed by atoms with E-state index < -0.39 is 0 Å². The SMILES string of the molecule is CN1CCc2c(ncn2C)C1CCN. The number of hydrogen-bond acceptors (Lipinski definition) is 3. The summed E-state index contributed by atoms with van der Waals surface area (Å²) in [7, 11) is 4.22. The monoisotopic (exact) mass is 194 g/mol. The highest BCUT2D eigenvalue weighted by Crippen LogP contribution is 2.28. The molecule has 1 aliphatic heterocycles. The lowest BCUT2D eigenvalue weighted by Gasteiger charge is -2.31. The van der Waals surface area contributed by atoms with Gasteiger partial charge in [0.25, 0.3) is 0 Å². The number of aromatic nitrogens is 2. The number of aryl methyl sites for hydroxylation is 1.